The first kappa shape index (κ1) is 16.9. The fourth-order valence-electron chi connectivity index (χ4n) is 2.83. The van der Waals surface area contributed by atoms with Crippen molar-refractivity contribution in [3.63, 3.8) is 0 Å². The molecule has 124 valence electrons. The summed E-state index contributed by atoms with van der Waals surface area (Å²) in [6, 6.07) is 5.22. The molecule has 0 aromatic heterocycles. The highest BCUT2D eigenvalue weighted by molar-refractivity contribution is 5.87. The van der Waals surface area contributed by atoms with Gasteiger partial charge in [0, 0.05) is 0 Å². The number of rotatable bonds is 5. The van der Waals surface area contributed by atoms with Crippen molar-refractivity contribution >= 4 is 11.9 Å². The van der Waals surface area contributed by atoms with Crippen molar-refractivity contribution in [1.29, 1.82) is 0 Å². The fraction of sp³-hybridized carbons (Fsp3) is 0.375. The largest absolute Gasteiger partial charge is 0.481 e. The van der Waals surface area contributed by atoms with Crippen LogP contribution in [0.15, 0.2) is 36.4 Å². The average Bonchev–Trinajstić information content (AvgIpc) is 2.47. The van der Waals surface area contributed by atoms with Crippen molar-refractivity contribution in [3.8, 4) is 5.75 Å². The molecular formula is C16H16F2O5. The first-order chi connectivity index (χ1) is 10.7. The van der Waals surface area contributed by atoms with Crippen LogP contribution >= 0.6 is 0 Å². The molecule has 1 aromatic rings. The van der Waals surface area contributed by atoms with Gasteiger partial charge in [0.05, 0.1) is 5.41 Å². The lowest BCUT2D eigenvalue weighted by molar-refractivity contribution is -0.152. The maximum atomic E-state index is 12.2. The van der Waals surface area contributed by atoms with Crippen LogP contribution in [0.25, 0.3) is 0 Å². The van der Waals surface area contributed by atoms with Crippen LogP contribution < -0.4 is 4.74 Å². The Kier molecular flexibility index (Phi) is 4.40. The molecule has 0 aliphatic heterocycles. The third kappa shape index (κ3) is 3.18. The molecule has 1 aliphatic carbocycles. The molecule has 0 bridgehead atoms. The van der Waals surface area contributed by atoms with E-state index < -0.39 is 29.4 Å². The van der Waals surface area contributed by atoms with Gasteiger partial charge in [-0.25, -0.2) is 0 Å². The number of carboxylic acids is 2. The lowest BCUT2D eigenvalue weighted by Crippen LogP contribution is -2.44. The second-order valence-electron chi connectivity index (χ2n) is 5.83. The highest BCUT2D eigenvalue weighted by Gasteiger charge is 2.49. The molecule has 1 aromatic carbocycles. The molecule has 5 nitrogen and oxygen atoms in total. The summed E-state index contributed by atoms with van der Waals surface area (Å²) in [6.07, 6.45) is 3.10. The summed E-state index contributed by atoms with van der Waals surface area (Å²) in [5.74, 6) is -2.36. The summed E-state index contributed by atoms with van der Waals surface area (Å²) < 4.78 is 28.6. The number of alkyl halides is 2. The number of hydrogen-bond acceptors (Lipinski definition) is 3. The molecule has 2 N–H and O–H groups in total. The van der Waals surface area contributed by atoms with Crippen LogP contribution in [0.3, 0.4) is 0 Å². The molecule has 7 heteroatoms. The zero-order valence-corrected chi connectivity index (χ0v) is 12.3. The van der Waals surface area contributed by atoms with Crippen LogP contribution in [-0.2, 0) is 15.0 Å². The Labute approximate surface area is 131 Å². The Morgan fingerprint density at radius 3 is 2.26 bits per heavy atom. The molecule has 0 amide bonds. The van der Waals surface area contributed by atoms with Gasteiger partial charge in [0.2, 0.25) is 0 Å². The Hall–Kier alpha value is -2.44. The Bertz CT molecular complexity index is 640. The van der Waals surface area contributed by atoms with E-state index in [1.165, 1.54) is 43.3 Å². The van der Waals surface area contributed by atoms with Crippen LogP contribution in [0.5, 0.6) is 5.75 Å². The lowest BCUT2D eigenvalue weighted by atomic mass is 9.63. The summed E-state index contributed by atoms with van der Waals surface area (Å²) in [7, 11) is 0. The molecule has 0 fully saturated rings. The third-order valence-electron chi connectivity index (χ3n) is 4.13. The van der Waals surface area contributed by atoms with Crippen LogP contribution in [-0.4, -0.2) is 28.8 Å². The number of aliphatic carboxylic acids is 2. The van der Waals surface area contributed by atoms with Crippen LogP contribution in [0.1, 0.15) is 25.3 Å². The van der Waals surface area contributed by atoms with E-state index in [1.54, 1.807) is 0 Å². The summed E-state index contributed by atoms with van der Waals surface area (Å²) in [4.78, 5) is 23.3. The number of carbonyl (C=O) groups is 2. The number of ether oxygens (including phenoxy) is 1. The molecule has 0 saturated carbocycles. The zero-order chi connectivity index (χ0) is 17.3. The maximum absolute atomic E-state index is 12.2. The second-order valence-corrected chi connectivity index (χ2v) is 5.83. The Morgan fingerprint density at radius 1 is 1.17 bits per heavy atom. The van der Waals surface area contributed by atoms with Gasteiger partial charge in [-0.05, 0) is 37.5 Å². The van der Waals surface area contributed by atoms with Crippen molar-refractivity contribution in [2.75, 3.05) is 0 Å². The number of carboxylic acid groups (broad SMARTS) is 2. The topological polar surface area (TPSA) is 83.8 Å². The Morgan fingerprint density at radius 2 is 1.78 bits per heavy atom. The number of allylic oxidation sites excluding steroid dienone is 1. The summed E-state index contributed by atoms with van der Waals surface area (Å²) in [5, 5.41) is 19.0. The van der Waals surface area contributed by atoms with Gasteiger partial charge >= 0.3 is 18.6 Å². The fourth-order valence-corrected chi connectivity index (χ4v) is 2.83. The predicted molar refractivity (Wildman–Crippen MR) is 76.5 cm³/mol. The number of halogens is 2. The van der Waals surface area contributed by atoms with E-state index in [9.17, 15) is 28.6 Å². The van der Waals surface area contributed by atoms with E-state index in [2.05, 4.69) is 4.74 Å². The minimum Gasteiger partial charge on any atom is -0.481 e. The minimum atomic E-state index is -2.97. The normalized spacial score (nSPS) is 27.0. The van der Waals surface area contributed by atoms with Crippen molar-refractivity contribution < 1.29 is 33.3 Å². The van der Waals surface area contributed by atoms with Crippen LogP contribution in [0, 0.1) is 5.41 Å². The smallest absolute Gasteiger partial charge is 0.387 e. The molecule has 2 unspecified atom stereocenters. The highest BCUT2D eigenvalue weighted by atomic mass is 19.3. The summed E-state index contributed by atoms with van der Waals surface area (Å²) >= 11 is 0. The van der Waals surface area contributed by atoms with E-state index >= 15 is 0 Å². The molecular weight excluding hydrogens is 310 g/mol. The molecule has 0 heterocycles. The highest BCUT2D eigenvalue weighted by Crippen LogP contribution is 2.45. The molecule has 0 radical (unpaired) electrons. The lowest BCUT2D eigenvalue weighted by Gasteiger charge is -2.38. The molecule has 2 rings (SSSR count). The van der Waals surface area contributed by atoms with Gasteiger partial charge < -0.3 is 14.9 Å². The maximum Gasteiger partial charge on any atom is 0.387 e. The van der Waals surface area contributed by atoms with E-state index in [0.29, 0.717) is 5.56 Å². The molecule has 23 heavy (non-hydrogen) atoms. The van der Waals surface area contributed by atoms with Gasteiger partial charge in [-0.15, -0.1) is 0 Å². The van der Waals surface area contributed by atoms with Crippen LogP contribution in [0.2, 0.25) is 0 Å². The second kappa shape index (κ2) is 5.98. The molecule has 0 spiro atoms. The van der Waals surface area contributed by atoms with Gasteiger partial charge in [-0.1, -0.05) is 24.3 Å². The van der Waals surface area contributed by atoms with Gasteiger partial charge in [-0.2, -0.15) is 8.78 Å². The first-order valence-corrected chi connectivity index (χ1v) is 6.89. The van der Waals surface area contributed by atoms with Crippen LogP contribution in [0.4, 0.5) is 8.78 Å². The summed E-state index contributed by atoms with van der Waals surface area (Å²) in [6.45, 7) is -1.48. The van der Waals surface area contributed by atoms with Gasteiger partial charge in [-0.3, -0.25) is 9.59 Å². The number of benzene rings is 1. The van der Waals surface area contributed by atoms with E-state index in [4.69, 9.17) is 0 Å². The molecule has 1 aliphatic rings. The van der Waals surface area contributed by atoms with Gasteiger partial charge in [0.25, 0.3) is 0 Å². The predicted octanol–water partition coefficient (Wildman–Crippen LogP) is 3.05. The van der Waals surface area contributed by atoms with Crippen molar-refractivity contribution in [2.24, 2.45) is 5.41 Å². The van der Waals surface area contributed by atoms with Crippen molar-refractivity contribution in [2.45, 2.75) is 31.8 Å². The van der Waals surface area contributed by atoms with Gasteiger partial charge in [0.1, 0.15) is 11.2 Å². The zero-order valence-electron chi connectivity index (χ0n) is 12.3. The average molecular weight is 326 g/mol. The third-order valence-corrected chi connectivity index (χ3v) is 4.13. The van der Waals surface area contributed by atoms with E-state index in [0.717, 1.165) is 0 Å². The van der Waals surface area contributed by atoms with Gasteiger partial charge in [0.15, 0.2) is 0 Å². The Balaban J connectivity index is 2.42. The van der Waals surface area contributed by atoms with E-state index in [-0.39, 0.29) is 18.6 Å². The monoisotopic (exact) mass is 326 g/mol. The number of hydrogen-bond donors (Lipinski definition) is 2. The van der Waals surface area contributed by atoms with Crippen molar-refractivity contribution in [3.05, 3.63) is 42.0 Å². The van der Waals surface area contributed by atoms with E-state index in [1.807, 2.05) is 0 Å². The standard InChI is InChI=1S/C16H16F2O5/c1-15(12(19)20)7-2-8-16(9-15,13(21)22)10-3-5-11(6-4-10)23-14(17)18/h2-6,8,14H,7,9H2,1H3,(H,19,20)(H,21,22). The summed E-state index contributed by atoms with van der Waals surface area (Å²) in [5.41, 5.74) is -2.42. The molecule has 0 saturated heterocycles. The van der Waals surface area contributed by atoms with Crippen molar-refractivity contribution in [1.82, 2.24) is 0 Å². The quantitative estimate of drug-likeness (QED) is 0.813. The molecule has 2 atom stereocenters. The SMILES string of the molecule is CC1(C(=O)O)CC=CC(C(=O)O)(c2ccc(OC(F)F)cc2)C1. The minimum absolute atomic E-state index is 0.0925. The first-order valence-electron chi connectivity index (χ1n) is 6.89.